The van der Waals surface area contributed by atoms with Gasteiger partial charge in [-0.05, 0) is 44.9 Å². The van der Waals surface area contributed by atoms with Gasteiger partial charge in [-0.15, -0.1) is 11.8 Å². The molecule has 1 aromatic carbocycles. The molecule has 0 aliphatic carbocycles. The topological polar surface area (TPSA) is 75.5 Å². The molecule has 0 unspecified atom stereocenters. The number of benzene rings is 1. The molecule has 1 aliphatic rings. The zero-order chi connectivity index (χ0) is 17.4. The molecular formula is C17H25N3O3S. The van der Waals surface area contributed by atoms with Crippen LogP contribution in [0.4, 0.5) is 5.69 Å². The predicted octanol–water partition coefficient (Wildman–Crippen LogP) is 3.07. The molecule has 2 rings (SSSR count). The molecule has 1 fully saturated rings. The highest BCUT2D eigenvalue weighted by atomic mass is 32.2. The average molecular weight is 351 g/mol. The minimum Gasteiger partial charge on any atom is -0.355 e. The summed E-state index contributed by atoms with van der Waals surface area (Å²) >= 11 is 1.39. The summed E-state index contributed by atoms with van der Waals surface area (Å²) < 4.78 is 0. The summed E-state index contributed by atoms with van der Waals surface area (Å²) in [4.78, 5) is 25.4. The Morgan fingerprint density at radius 2 is 2.12 bits per heavy atom. The molecule has 1 saturated heterocycles. The first-order valence-corrected chi connectivity index (χ1v) is 9.43. The molecule has 1 aliphatic heterocycles. The summed E-state index contributed by atoms with van der Waals surface area (Å²) in [7, 11) is 0. The number of rotatable bonds is 8. The van der Waals surface area contributed by atoms with Crippen molar-refractivity contribution in [2.24, 2.45) is 0 Å². The first-order chi connectivity index (χ1) is 11.6. The summed E-state index contributed by atoms with van der Waals surface area (Å²) in [5.41, 5.74) is 0.0655. The summed E-state index contributed by atoms with van der Waals surface area (Å²) in [5.74, 6) is 0.336. The molecule has 1 N–H and O–H groups in total. The number of nitro benzene ring substituents is 1. The van der Waals surface area contributed by atoms with E-state index in [4.69, 9.17) is 0 Å². The third-order valence-corrected chi connectivity index (χ3v) is 5.31. The lowest BCUT2D eigenvalue weighted by Gasteiger charge is -2.33. The van der Waals surface area contributed by atoms with Crippen molar-refractivity contribution in [3.05, 3.63) is 34.4 Å². The van der Waals surface area contributed by atoms with E-state index in [1.54, 1.807) is 12.1 Å². The van der Waals surface area contributed by atoms with Crippen molar-refractivity contribution in [2.75, 3.05) is 25.4 Å². The van der Waals surface area contributed by atoms with Gasteiger partial charge in [-0.25, -0.2) is 0 Å². The maximum atomic E-state index is 11.9. The van der Waals surface area contributed by atoms with Crippen LogP contribution in [0.5, 0.6) is 0 Å². The Labute approximate surface area is 147 Å². The quantitative estimate of drug-likeness (QED) is 0.337. The molecule has 0 radical (unpaired) electrons. The number of nitrogens with one attached hydrogen (secondary N) is 1. The molecule has 1 heterocycles. The fourth-order valence-electron chi connectivity index (χ4n) is 2.86. The maximum absolute atomic E-state index is 11.9. The number of carbonyl (C=O) groups excluding carboxylic acids is 1. The number of nitro groups is 1. The zero-order valence-electron chi connectivity index (χ0n) is 14.1. The average Bonchev–Trinajstić information content (AvgIpc) is 2.58. The van der Waals surface area contributed by atoms with E-state index in [0.29, 0.717) is 18.3 Å². The number of carbonyl (C=O) groups is 1. The second-order valence-corrected chi connectivity index (χ2v) is 7.17. The van der Waals surface area contributed by atoms with Crippen LogP contribution in [0.25, 0.3) is 0 Å². The van der Waals surface area contributed by atoms with E-state index in [-0.39, 0.29) is 11.6 Å². The van der Waals surface area contributed by atoms with Gasteiger partial charge in [0.1, 0.15) is 0 Å². The Hall–Kier alpha value is -1.60. The van der Waals surface area contributed by atoms with Gasteiger partial charge in [-0.3, -0.25) is 14.9 Å². The molecular weight excluding hydrogens is 326 g/mol. The summed E-state index contributed by atoms with van der Waals surface area (Å²) in [6, 6.07) is 6.92. The van der Waals surface area contributed by atoms with Crippen LogP contribution in [0.3, 0.4) is 0 Å². The fourth-order valence-corrected chi connectivity index (χ4v) is 3.59. The van der Waals surface area contributed by atoms with Crippen molar-refractivity contribution in [2.45, 2.75) is 43.5 Å². The van der Waals surface area contributed by atoms with Crippen molar-refractivity contribution in [3.8, 4) is 0 Å². The molecule has 7 heteroatoms. The number of piperidine rings is 1. The van der Waals surface area contributed by atoms with Crippen molar-refractivity contribution in [1.82, 2.24) is 10.2 Å². The minimum atomic E-state index is -0.426. The maximum Gasteiger partial charge on any atom is 0.269 e. The van der Waals surface area contributed by atoms with Crippen LogP contribution in [0.1, 0.15) is 32.6 Å². The molecule has 1 aromatic rings. The first kappa shape index (κ1) is 18.7. The van der Waals surface area contributed by atoms with Crippen molar-refractivity contribution < 1.29 is 9.72 Å². The Balaban J connectivity index is 1.60. The van der Waals surface area contributed by atoms with Crippen LogP contribution in [0.2, 0.25) is 0 Å². The van der Waals surface area contributed by atoms with Gasteiger partial charge in [-0.2, -0.15) is 0 Å². The van der Waals surface area contributed by atoms with Crippen LogP contribution < -0.4 is 5.32 Å². The monoisotopic (exact) mass is 351 g/mol. The van der Waals surface area contributed by atoms with E-state index in [9.17, 15) is 14.9 Å². The Morgan fingerprint density at radius 3 is 2.79 bits per heavy atom. The van der Waals surface area contributed by atoms with Gasteiger partial charge in [0.05, 0.1) is 10.7 Å². The molecule has 6 nitrogen and oxygen atoms in total. The number of non-ortho nitro benzene ring substituents is 1. The molecule has 0 bridgehead atoms. The lowest BCUT2D eigenvalue weighted by atomic mass is 10.0. The Bertz CT molecular complexity index is 551. The molecule has 132 valence electrons. The highest BCUT2D eigenvalue weighted by Crippen LogP contribution is 2.21. The molecule has 0 spiro atoms. The van der Waals surface area contributed by atoms with E-state index in [2.05, 4.69) is 17.1 Å². The third kappa shape index (κ3) is 6.13. The van der Waals surface area contributed by atoms with Crippen molar-refractivity contribution in [3.63, 3.8) is 0 Å². The minimum absolute atomic E-state index is 0.00467. The molecule has 24 heavy (non-hydrogen) atoms. The largest absolute Gasteiger partial charge is 0.355 e. The van der Waals surface area contributed by atoms with Crippen LogP contribution in [-0.2, 0) is 4.79 Å². The van der Waals surface area contributed by atoms with Gasteiger partial charge in [0.2, 0.25) is 5.91 Å². The number of amides is 1. The highest BCUT2D eigenvalue weighted by molar-refractivity contribution is 8.00. The standard InChI is InChI=1S/C17H25N3O3S/c1-14-5-2-3-11-19(14)12-4-10-18-17(21)13-24-16-8-6-15(7-9-16)20(22)23/h6-9,14H,2-5,10-13H2,1H3,(H,18,21)/t14-/m1/s1. The summed E-state index contributed by atoms with van der Waals surface area (Å²) in [6.45, 7) is 5.18. The van der Waals surface area contributed by atoms with Crippen LogP contribution in [0.15, 0.2) is 29.2 Å². The smallest absolute Gasteiger partial charge is 0.269 e. The number of nitrogens with zero attached hydrogens (tertiary/aromatic N) is 2. The lowest BCUT2D eigenvalue weighted by Crippen LogP contribution is -2.39. The second-order valence-electron chi connectivity index (χ2n) is 6.12. The molecule has 0 saturated carbocycles. The lowest BCUT2D eigenvalue weighted by molar-refractivity contribution is -0.384. The van der Waals surface area contributed by atoms with Crippen LogP contribution in [-0.4, -0.2) is 47.2 Å². The van der Waals surface area contributed by atoms with E-state index < -0.39 is 4.92 Å². The van der Waals surface area contributed by atoms with Gasteiger partial charge in [0.25, 0.3) is 5.69 Å². The van der Waals surface area contributed by atoms with Gasteiger partial charge >= 0.3 is 0 Å². The van der Waals surface area contributed by atoms with E-state index >= 15 is 0 Å². The summed E-state index contributed by atoms with van der Waals surface area (Å²) in [6.07, 6.45) is 4.85. The van der Waals surface area contributed by atoms with Gasteiger partial charge < -0.3 is 10.2 Å². The van der Waals surface area contributed by atoms with Gasteiger partial charge in [0, 0.05) is 36.2 Å². The number of likely N-dealkylation sites (tertiary alicyclic amines) is 1. The summed E-state index contributed by atoms with van der Waals surface area (Å²) in [5, 5.41) is 13.5. The molecule has 1 atom stereocenters. The fraction of sp³-hybridized carbons (Fsp3) is 0.588. The van der Waals surface area contributed by atoms with Gasteiger partial charge in [0.15, 0.2) is 0 Å². The van der Waals surface area contributed by atoms with Gasteiger partial charge in [-0.1, -0.05) is 6.42 Å². The van der Waals surface area contributed by atoms with Crippen molar-refractivity contribution >= 4 is 23.4 Å². The van der Waals surface area contributed by atoms with E-state index in [1.165, 1.54) is 49.7 Å². The Kier molecular flexibility index (Phi) is 7.52. The van der Waals surface area contributed by atoms with E-state index in [0.717, 1.165) is 17.9 Å². The normalized spacial score (nSPS) is 18.3. The Morgan fingerprint density at radius 1 is 1.38 bits per heavy atom. The highest BCUT2D eigenvalue weighted by Gasteiger charge is 2.17. The number of hydrogen-bond acceptors (Lipinski definition) is 5. The van der Waals surface area contributed by atoms with Crippen LogP contribution in [0, 0.1) is 10.1 Å². The predicted molar refractivity (Wildman–Crippen MR) is 96.3 cm³/mol. The SMILES string of the molecule is C[C@@H]1CCCCN1CCCNC(=O)CSc1ccc([N+](=O)[O-])cc1. The van der Waals surface area contributed by atoms with Crippen LogP contribution >= 0.6 is 11.8 Å². The third-order valence-electron chi connectivity index (χ3n) is 4.30. The van der Waals surface area contributed by atoms with E-state index in [1.807, 2.05) is 0 Å². The number of hydrogen-bond donors (Lipinski definition) is 1. The van der Waals surface area contributed by atoms with Crippen molar-refractivity contribution in [1.29, 1.82) is 0 Å². The molecule has 0 aromatic heterocycles. The zero-order valence-corrected chi connectivity index (χ0v) is 14.9. The second kappa shape index (κ2) is 9.64. The molecule has 1 amide bonds. The number of thioether (sulfide) groups is 1. The first-order valence-electron chi connectivity index (χ1n) is 8.44.